The molecule has 0 saturated carbocycles. The van der Waals surface area contributed by atoms with Crippen LogP contribution in [0.1, 0.15) is 5.56 Å². The summed E-state index contributed by atoms with van der Waals surface area (Å²) in [4.78, 5) is 4.21. The molecular weight excluding hydrogens is 296 g/mol. The molecule has 5 heteroatoms. The van der Waals surface area contributed by atoms with Gasteiger partial charge in [0.1, 0.15) is 29.1 Å². The van der Waals surface area contributed by atoms with Crippen LogP contribution in [0.25, 0.3) is 22.4 Å². The van der Waals surface area contributed by atoms with E-state index in [0.29, 0.717) is 11.3 Å². The summed E-state index contributed by atoms with van der Waals surface area (Å²) in [6.07, 6.45) is 0. The third kappa shape index (κ3) is 2.87. The summed E-state index contributed by atoms with van der Waals surface area (Å²) < 4.78 is 27.0. The van der Waals surface area contributed by atoms with Gasteiger partial charge in [-0.05, 0) is 23.8 Å². The Labute approximate surface area is 131 Å². The molecule has 1 aromatic heterocycles. The van der Waals surface area contributed by atoms with Gasteiger partial charge in [0.25, 0.3) is 0 Å². The van der Waals surface area contributed by atoms with Gasteiger partial charge >= 0.3 is 0 Å². The molecule has 3 rings (SSSR count). The number of nitrogen functional groups attached to an aromatic ring is 1. The molecule has 1 heterocycles. The minimum Gasteiger partial charge on any atom is -0.383 e. The van der Waals surface area contributed by atoms with Crippen LogP contribution in [0.15, 0.2) is 54.6 Å². The normalized spacial score (nSPS) is 10.3. The van der Waals surface area contributed by atoms with Gasteiger partial charge < -0.3 is 5.73 Å². The van der Waals surface area contributed by atoms with Crippen molar-refractivity contribution in [2.45, 2.75) is 0 Å². The van der Waals surface area contributed by atoms with Gasteiger partial charge in [-0.2, -0.15) is 5.26 Å². The van der Waals surface area contributed by atoms with Gasteiger partial charge in [-0.25, -0.2) is 13.8 Å². The summed E-state index contributed by atoms with van der Waals surface area (Å²) >= 11 is 0. The largest absolute Gasteiger partial charge is 0.383 e. The Hall–Kier alpha value is -3.26. The molecule has 0 radical (unpaired) electrons. The zero-order chi connectivity index (χ0) is 16.4. The Kier molecular flexibility index (Phi) is 3.73. The monoisotopic (exact) mass is 307 g/mol. The molecule has 0 unspecified atom stereocenters. The summed E-state index contributed by atoms with van der Waals surface area (Å²) in [5, 5.41) is 9.30. The lowest BCUT2D eigenvalue weighted by atomic mass is 9.98. The number of hydrogen-bond donors (Lipinski definition) is 1. The van der Waals surface area contributed by atoms with Gasteiger partial charge in [-0.1, -0.05) is 30.3 Å². The topological polar surface area (TPSA) is 62.7 Å². The third-order valence-electron chi connectivity index (χ3n) is 3.40. The fraction of sp³-hybridized carbons (Fsp3) is 0. The molecule has 0 fully saturated rings. The maximum atomic E-state index is 13.5. The van der Waals surface area contributed by atoms with Crippen LogP contribution < -0.4 is 5.73 Å². The highest BCUT2D eigenvalue weighted by molar-refractivity contribution is 5.80. The summed E-state index contributed by atoms with van der Waals surface area (Å²) in [6.45, 7) is 0. The highest BCUT2D eigenvalue weighted by Crippen LogP contribution is 2.31. The molecule has 0 atom stereocenters. The van der Waals surface area contributed by atoms with Crippen molar-refractivity contribution in [3.05, 3.63) is 71.8 Å². The molecular formula is C18H11F2N3. The first-order chi connectivity index (χ1) is 11.1. The predicted octanol–water partition coefficient (Wildman–Crippen LogP) is 4.15. The van der Waals surface area contributed by atoms with Gasteiger partial charge in [-0.15, -0.1) is 0 Å². The first-order valence-electron chi connectivity index (χ1n) is 6.81. The van der Waals surface area contributed by atoms with Crippen LogP contribution >= 0.6 is 0 Å². The number of rotatable bonds is 2. The first-order valence-corrected chi connectivity index (χ1v) is 6.81. The van der Waals surface area contributed by atoms with E-state index in [-0.39, 0.29) is 16.9 Å². The highest BCUT2D eigenvalue weighted by atomic mass is 19.1. The van der Waals surface area contributed by atoms with E-state index in [1.807, 2.05) is 36.4 Å². The number of benzene rings is 2. The van der Waals surface area contributed by atoms with E-state index in [4.69, 9.17) is 5.73 Å². The second-order valence-corrected chi connectivity index (χ2v) is 4.95. The molecule has 0 amide bonds. The molecule has 2 N–H and O–H groups in total. The third-order valence-corrected chi connectivity index (χ3v) is 3.40. The average Bonchev–Trinajstić information content (AvgIpc) is 2.54. The van der Waals surface area contributed by atoms with Crippen LogP contribution in [0.5, 0.6) is 0 Å². The van der Waals surface area contributed by atoms with E-state index in [9.17, 15) is 14.0 Å². The van der Waals surface area contributed by atoms with Crippen molar-refractivity contribution in [3.63, 3.8) is 0 Å². The van der Waals surface area contributed by atoms with E-state index >= 15 is 0 Å². The first kappa shape index (κ1) is 14.7. The number of nitrogens with two attached hydrogens (primary N) is 1. The summed E-state index contributed by atoms with van der Waals surface area (Å²) in [5.74, 6) is -1.42. The van der Waals surface area contributed by atoms with Crippen molar-refractivity contribution >= 4 is 5.82 Å². The second-order valence-electron chi connectivity index (χ2n) is 4.95. The molecule has 0 spiro atoms. The Balaban J connectivity index is 2.27. The lowest BCUT2D eigenvalue weighted by Gasteiger charge is -2.10. The van der Waals surface area contributed by atoms with Gasteiger partial charge in [0, 0.05) is 17.2 Å². The fourth-order valence-corrected chi connectivity index (χ4v) is 2.38. The zero-order valence-corrected chi connectivity index (χ0v) is 11.9. The summed E-state index contributed by atoms with van der Waals surface area (Å²) in [6, 6.07) is 15.9. The van der Waals surface area contributed by atoms with Crippen LogP contribution in [0.3, 0.4) is 0 Å². The van der Waals surface area contributed by atoms with Gasteiger partial charge in [-0.3, -0.25) is 0 Å². The Bertz CT molecular complexity index is 895. The summed E-state index contributed by atoms with van der Waals surface area (Å²) in [5.41, 5.74) is 7.86. The number of anilines is 1. The van der Waals surface area contributed by atoms with Crippen molar-refractivity contribution in [2.24, 2.45) is 0 Å². The fourth-order valence-electron chi connectivity index (χ4n) is 2.38. The molecule has 23 heavy (non-hydrogen) atoms. The van der Waals surface area contributed by atoms with E-state index in [0.717, 1.165) is 23.8 Å². The number of nitriles is 1. The van der Waals surface area contributed by atoms with Crippen LogP contribution in [-0.4, -0.2) is 4.98 Å². The number of nitrogens with zero attached hydrogens (tertiary/aromatic N) is 2. The molecule has 0 aliphatic heterocycles. The molecule has 0 aliphatic rings. The standard InChI is InChI=1S/C18H11F2N3/c19-13-6-12(7-14(20)8-13)15-9-17(11-4-2-1-3-5-11)23-18(22)16(15)10-21/h1-9H,(H2,22,23). The molecule has 112 valence electrons. The number of halogens is 2. The second kappa shape index (κ2) is 5.85. The van der Waals surface area contributed by atoms with Crippen molar-refractivity contribution < 1.29 is 8.78 Å². The lowest BCUT2D eigenvalue weighted by molar-refractivity contribution is 0.584. The van der Waals surface area contributed by atoms with Crippen molar-refractivity contribution in [1.29, 1.82) is 5.26 Å². The Morgan fingerprint density at radius 2 is 1.57 bits per heavy atom. The maximum Gasteiger partial charge on any atom is 0.142 e. The van der Waals surface area contributed by atoms with E-state index < -0.39 is 11.6 Å². The Morgan fingerprint density at radius 1 is 0.913 bits per heavy atom. The van der Waals surface area contributed by atoms with Gasteiger partial charge in [0.2, 0.25) is 0 Å². The predicted molar refractivity (Wildman–Crippen MR) is 84.2 cm³/mol. The smallest absolute Gasteiger partial charge is 0.142 e. The average molecular weight is 307 g/mol. The molecule has 0 bridgehead atoms. The minimum atomic E-state index is -0.722. The van der Waals surface area contributed by atoms with Crippen LogP contribution in [0.2, 0.25) is 0 Å². The van der Waals surface area contributed by atoms with Crippen LogP contribution in [-0.2, 0) is 0 Å². The summed E-state index contributed by atoms with van der Waals surface area (Å²) in [7, 11) is 0. The molecule has 0 saturated heterocycles. The molecule has 3 nitrogen and oxygen atoms in total. The maximum absolute atomic E-state index is 13.5. The molecule has 2 aromatic carbocycles. The van der Waals surface area contributed by atoms with E-state index in [1.54, 1.807) is 6.07 Å². The quantitative estimate of drug-likeness (QED) is 0.773. The number of aromatic nitrogens is 1. The van der Waals surface area contributed by atoms with Crippen molar-refractivity contribution in [2.75, 3.05) is 5.73 Å². The van der Waals surface area contributed by atoms with Crippen LogP contribution in [0, 0.1) is 23.0 Å². The highest BCUT2D eigenvalue weighted by Gasteiger charge is 2.14. The van der Waals surface area contributed by atoms with E-state index in [2.05, 4.69) is 4.98 Å². The van der Waals surface area contributed by atoms with Gasteiger partial charge in [0.05, 0.1) is 5.69 Å². The SMILES string of the molecule is N#Cc1c(-c2cc(F)cc(F)c2)cc(-c2ccccc2)nc1N. The number of pyridine rings is 1. The van der Waals surface area contributed by atoms with Crippen molar-refractivity contribution in [3.8, 4) is 28.5 Å². The minimum absolute atomic E-state index is 0.0218. The lowest BCUT2D eigenvalue weighted by Crippen LogP contribution is -2.00. The zero-order valence-electron chi connectivity index (χ0n) is 11.9. The molecule has 0 aliphatic carbocycles. The number of hydrogen-bond acceptors (Lipinski definition) is 3. The Morgan fingerprint density at radius 3 is 2.17 bits per heavy atom. The van der Waals surface area contributed by atoms with Crippen LogP contribution in [0.4, 0.5) is 14.6 Å². The van der Waals surface area contributed by atoms with E-state index in [1.165, 1.54) is 0 Å². The van der Waals surface area contributed by atoms with Crippen molar-refractivity contribution in [1.82, 2.24) is 4.98 Å². The van der Waals surface area contributed by atoms with Gasteiger partial charge in [0.15, 0.2) is 0 Å². The molecule has 3 aromatic rings.